The van der Waals surface area contributed by atoms with Crippen molar-refractivity contribution < 1.29 is 19.1 Å². The van der Waals surface area contributed by atoms with Crippen LogP contribution in [-0.4, -0.2) is 28.3 Å². The van der Waals surface area contributed by atoms with Gasteiger partial charge in [-0.1, -0.05) is 24.3 Å². The molecule has 0 atom stereocenters. The number of rotatable bonds is 6. The lowest BCUT2D eigenvalue weighted by molar-refractivity contribution is -0.119. The lowest BCUT2D eigenvalue weighted by Gasteiger charge is -2.09. The fourth-order valence-corrected chi connectivity index (χ4v) is 2.66. The summed E-state index contributed by atoms with van der Waals surface area (Å²) in [6.07, 6.45) is 0. The van der Waals surface area contributed by atoms with Crippen LogP contribution in [0, 0.1) is 13.8 Å². The molecule has 0 aliphatic heterocycles. The molecule has 3 rings (SSSR count). The van der Waals surface area contributed by atoms with Crippen molar-refractivity contribution in [3.05, 3.63) is 71.5 Å². The number of hydrogen-bond donors (Lipinski definition) is 1. The van der Waals surface area contributed by atoms with E-state index in [0.29, 0.717) is 28.4 Å². The van der Waals surface area contributed by atoms with Crippen molar-refractivity contribution in [2.45, 2.75) is 13.8 Å². The number of amides is 1. The third kappa shape index (κ3) is 4.56. The zero-order chi connectivity index (χ0) is 20.1. The molecule has 0 aliphatic rings. The highest BCUT2D eigenvalue weighted by atomic mass is 16.5. The van der Waals surface area contributed by atoms with E-state index in [1.165, 1.54) is 0 Å². The van der Waals surface area contributed by atoms with Crippen molar-refractivity contribution in [1.29, 1.82) is 0 Å². The van der Waals surface area contributed by atoms with Crippen LogP contribution in [0.3, 0.4) is 0 Å². The molecule has 28 heavy (non-hydrogen) atoms. The van der Waals surface area contributed by atoms with Gasteiger partial charge in [0.1, 0.15) is 11.5 Å². The normalized spacial score (nSPS) is 10.4. The van der Waals surface area contributed by atoms with Crippen LogP contribution in [0.4, 0.5) is 5.69 Å². The van der Waals surface area contributed by atoms with Gasteiger partial charge in [-0.25, -0.2) is 4.79 Å². The number of esters is 1. The number of nitrogens with zero attached hydrogens (tertiary/aromatic N) is 2. The monoisotopic (exact) mass is 379 g/mol. The SMILES string of the molecule is Cc1nn(C)c(C)c1NC(=O)COC(=O)c1cccc(Oc2ccccc2)c1. The quantitative estimate of drug-likeness (QED) is 0.662. The summed E-state index contributed by atoms with van der Waals surface area (Å²) in [4.78, 5) is 24.4. The molecular weight excluding hydrogens is 358 g/mol. The van der Waals surface area contributed by atoms with Gasteiger partial charge in [-0.15, -0.1) is 0 Å². The van der Waals surface area contributed by atoms with Crippen LogP contribution >= 0.6 is 0 Å². The van der Waals surface area contributed by atoms with Gasteiger partial charge in [0, 0.05) is 7.05 Å². The van der Waals surface area contributed by atoms with Crippen LogP contribution in [0.1, 0.15) is 21.7 Å². The number of benzene rings is 2. The number of nitrogens with one attached hydrogen (secondary N) is 1. The van der Waals surface area contributed by atoms with Gasteiger partial charge in [0.05, 0.1) is 22.6 Å². The van der Waals surface area contributed by atoms with E-state index in [9.17, 15) is 9.59 Å². The predicted molar refractivity (Wildman–Crippen MR) is 105 cm³/mol. The van der Waals surface area contributed by atoms with Gasteiger partial charge in [-0.3, -0.25) is 9.48 Å². The van der Waals surface area contributed by atoms with E-state index < -0.39 is 18.5 Å². The third-order valence-electron chi connectivity index (χ3n) is 4.16. The van der Waals surface area contributed by atoms with E-state index in [0.717, 1.165) is 5.69 Å². The Kier molecular flexibility index (Phi) is 5.74. The third-order valence-corrected chi connectivity index (χ3v) is 4.16. The molecule has 1 amide bonds. The van der Waals surface area contributed by atoms with Crippen LogP contribution in [0.2, 0.25) is 0 Å². The van der Waals surface area contributed by atoms with Gasteiger partial charge >= 0.3 is 5.97 Å². The first-order chi connectivity index (χ1) is 13.4. The second-order valence-corrected chi connectivity index (χ2v) is 6.24. The zero-order valence-corrected chi connectivity index (χ0v) is 15.9. The molecule has 1 N–H and O–H groups in total. The second kappa shape index (κ2) is 8.39. The number of hydrogen-bond acceptors (Lipinski definition) is 5. The highest BCUT2D eigenvalue weighted by Crippen LogP contribution is 2.22. The number of carbonyl (C=O) groups is 2. The predicted octanol–water partition coefficient (Wildman–Crippen LogP) is 3.62. The molecule has 7 heteroatoms. The summed E-state index contributed by atoms with van der Waals surface area (Å²) in [5.74, 6) is 0.138. The molecule has 1 aromatic heterocycles. The molecule has 0 aliphatic carbocycles. The molecular formula is C21H21N3O4. The molecule has 0 saturated heterocycles. The Hall–Kier alpha value is -3.61. The molecule has 0 saturated carbocycles. The molecule has 0 bridgehead atoms. The summed E-state index contributed by atoms with van der Waals surface area (Å²) in [7, 11) is 1.79. The van der Waals surface area contributed by atoms with Crippen molar-refractivity contribution in [1.82, 2.24) is 9.78 Å². The van der Waals surface area contributed by atoms with Crippen molar-refractivity contribution in [3.8, 4) is 11.5 Å². The Morgan fingerprint density at radius 3 is 2.43 bits per heavy atom. The molecule has 7 nitrogen and oxygen atoms in total. The fraction of sp³-hybridized carbons (Fsp3) is 0.190. The highest BCUT2D eigenvalue weighted by Gasteiger charge is 2.15. The first-order valence-corrected chi connectivity index (χ1v) is 8.74. The number of aromatic nitrogens is 2. The minimum atomic E-state index is -0.603. The van der Waals surface area contributed by atoms with E-state index in [1.54, 1.807) is 42.9 Å². The molecule has 2 aromatic carbocycles. The van der Waals surface area contributed by atoms with E-state index >= 15 is 0 Å². The van der Waals surface area contributed by atoms with E-state index in [4.69, 9.17) is 9.47 Å². The van der Waals surface area contributed by atoms with Crippen molar-refractivity contribution in [3.63, 3.8) is 0 Å². The topological polar surface area (TPSA) is 82.5 Å². The maximum absolute atomic E-state index is 12.3. The maximum Gasteiger partial charge on any atom is 0.338 e. The standard InChI is InChI=1S/C21H21N3O4/c1-14-20(15(2)24(3)23-14)22-19(25)13-27-21(26)16-8-7-11-18(12-16)28-17-9-5-4-6-10-17/h4-12H,13H2,1-3H3,(H,22,25). The van der Waals surface area contributed by atoms with Crippen molar-refractivity contribution in [2.24, 2.45) is 7.05 Å². The van der Waals surface area contributed by atoms with Gasteiger partial charge in [0.2, 0.25) is 0 Å². The summed E-state index contributed by atoms with van der Waals surface area (Å²) < 4.78 is 12.5. The lowest BCUT2D eigenvalue weighted by Crippen LogP contribution is -2.21. The van der Waals surface area contributed by atoms with Crippen LogP contribution in [0.25, 0.3) is 0 Å². The van der Waals surface area contributed by atoms with Crippen LogP contribution in [-0.2, 0) is 16.6 Å². The van der Waals surface area contributed by atoms with Gasteiger partial charge in [-0.2, -0.15) is 5.10 Å². The Bertz CT molecular complexity index is 996. The fourth-order valence-electron chi connectivity index (χ4n) is 2.66. The first kappa shape index (κ1) is 19.2. The Labute approximate surface area is 162 Å². The zero-order valence-electron chi connectivity index (χ0n) is 15.9. The number of aryl methyl sites for hydroxylation is 2. The Balaban J connectivity index is 1.59. The van der Waals surface area contributed by atoms with Gasteiger partial charge in [0.15, 0.2) is 6.61 Å². The Morgan fingerprint density at radius 1 is 1.04 bits per heavy atom. The number of ether oxygens (including phenoxy) is 2. The van der Waals surface area contributed by atoms with Crippen LogP contribution < -0.4 is 10.1 Å². The van der Waals surface area contributed by atoms with Gasteiger partial charge in [-0.05, 0) is 44.2 Å². The smallest absolute Gasteiger partial charge is 0.338 e. The molecule has 144 valence electrons. The molecule has 0 spiro atoms. The number of para-hydroxylation sites is 1. The summed E-state index contributed by atoms with van der Waals surface area (Å²) >= 11 is 0. The number of carbonyl (C=O) groups excluding carboxylic acids is 2. The maximum atomic E-state index is 12.3. The van der Waals surface area contributed by atoms with Crippen molar-refractivity contribution in [2.75, 3.05) is 11.9 Å². The minimum absolute atomic E-state index is 0.301. The van der Waals surface area contributed by atoms with Gasteiger partial charge < -0.3 is 14.8 Å². The average Bonchev–Trinajstić information content (AvgIpc) is 2.93. The number of anilines is 1. The van der Waals surface area contributed by atoms with E-state index in [2.05, 4.69) is 10.4 Å². The van der Waals surface area contributed by atoms with Crippen LogP contribution in [0.5, 0.6) is 11.5 Å². The van der Waals surface area contributed by atoms with Crippen molar-refractivity contribution >= 4 is 17.6 Å². The summed E-state index contributed by atoms with van der Waals surface area (Å²) in [5, 5.41) is 6.96. The summed E-state index contributed by atoms with van der Waals surface area (Å²) in [5.41, 5.74) is 2.45. The molecule has 0 unspecified atom stereocenters. The van der Waals surface area contributed by atoms with E-state index in [1.807, 2.05) is 37.3 Å². The highest BCUT2D eigenvalue weighted by molar-refractivity contribution is 5.96. The minimum Gasteiger partial charge on any atom is -0.457 e. The summed E-state index contributed by atoms with van der Waals surface area (Å²) in [6.45, 7) is 3.25. The lowest BCUT2D eigenvalue weighted by atomic mass is 10.2. The average molecular weight is 379 g/mol. The molecule has 0 fully saturated rings. The van der Waals surface area contributed by atoms with Crippen LogP contribution in [0.15, 0.2) is 54.6 Å². The molecule has 3 aromatic rings. The molecule has 1 heterocycles. The summed E-state index contributed by atoms with van der Waals surface area (Å²) in [6, 6.07) is 15.9. The molecule has 0 radical (unpaired) electrons. The Morgan fingerprint density at radius 2 is 1.75 bits per heavy atom. The first-order valence-electron chi connectivity index (χ1n) is 8.74. The second-order valence-electron chi connectivity index (χ2n) is 6.24. The largest absolute Gasteiger partial charge is 0.457 e. The van der Waals surface area contributed by atoms with E-state index in [-0.39, 0.29) is 0 Å². The van der Waals surface area contributed by atoms with Gasteiger partial charge in [0.25, 0.3) is 5.91 Å².